The number of nitrogens with two attached hydrogens (primary N) is 1. The van der Waals surface area contributed by atoms with Gasteiger partial charge in [0.1, 0.15) is 0 Å². The Labute approximate surface area is 153 Å². The lowest BCUT2D eigenvalue weighted by atomic mass is 10.00. The molecule has 0 aliphatic rings. The van der Waals surface area contributed by atoms with Crippen LogP contribution in [0.15, 0.2) is 66.7 Å². The van der Waals surface area contributed by atoms with E-state index in [9.17, 15) is 4.79 Å². The van der Waals surface area contributed by atoms with Crippen molar-refractivity contribution in [1.29, 1.82) is 0 Å². The van der Waals surface area contributed by atoms with Crippen LogP contribution in [0.4, 0.5) is 0 Å². The Balaban J connectivity index is 2.07. The molecule has 0 fully saturated rings. The minimum atomic E-state index is -0.387. The quantitative estimate of drug-likeness (QED) is 0.553. The SMILES string of the molecule is CC(C)c1ccc2c3c(C(N)=O)cccc3n(Cc3ccccc3)c2c1. The minimum absolute atomic E-state index is 0.387. The van der Waals surface area contributed by atoms with Gasteiger partial charge in [0, 0.05) is 28.4 Å². The van der Waals surface area contributed by atoms with Gasteiger partial charge in [-0.2, -0.15) is 0 Å². The molecule has 1 amide bonds. The molecule has 26 heavy (non-hydrogen) atoms. The number of fused-ring (bicyclic) bond motifs is 3. The number of nitrogens with zero attached hydrogens (tertiary/aromatic N) is 1. The van der Waals surface area contributed by atoms with Crippen molar-refractivity contribution in [2.24, 2.45) is 5.73 Å². The number of hydrogen-bond acceptors (Lipinski definition) is 1. The van der Waals surface area contributed by atoms with Crippen molar-refractivity contribution in [3.8, 4) is 0 Å². The van der Waals surface area contributed by atoms with Crippen LogP contribution in [0.2, 0.25) is 0 Å². The van der Waals surface area contributed by atoms with Crippen LogP contribution in [-0.4, -0.2) is 10.5 Å². The summed E-state index contributed by atoms with van der Waals surface area (Å²) < 4.78 is 2.29. The smallest absolute Gasteiger partial charge is 0.249 e. The molecule has 4 aromatic rings. The van der Waals surface area contributed by atoms with Gasteiger partial charge in [-0.1, -0.05) is 62.4 Å². The van der Waals surface area contributed by atoms with Gasteiger partial charge in [-0.3, -0.25) is 4.79 Å². The monoisotopic (exact) mass is 342 g/mol. The molecule has 0 saturated heterocycles. The lowest BCUT2D eigenvalue weighted by molar-refractivity contribution is 0.100. The number of carbonyl (C=O) groups excluding carboxylic acids is 1. The number of carbonyl (C=O) groups is 1. The zero-order valence-electron chi connectivity index (χ0n) is 15.1. The molecule has 0 unspecified atom stereocenters. The number of aromatic nitrogens is 1. The summed E-state index contributed by atoms with van der Waals surface area (Å²) in [6.45, 7) is 5.14. The summed E-state index contributed by atoms with van der Waals surface area (Å²) in [5, 5.41) is 2.02. The highest BCUT2D eigenvalue weighted by Crippen LogP contribution is 2.34. The maximum absolute atomic E-state index is 12.0. The molecule has 4 rings (SSSR count). The van der Waals surface area contributed by atoms with E-state index in [4.69, 9.17) is 5.73 Å². The lowest BCUT2D eigenvalue weighted by Crippen LogP contribution is -2.11. The van der Waals surface area contributed by atoms with Crippen molar-refractivity contribution in [3.63, 3.8) is 0 Å². The number of benzene rings is 3. The van der Waals surface area contributed by atoms with Gasteiger partial charge in [0.25, 0.3) is 0 Å². The average Bonchev–Trinajstić information content (AvgIpc) is 2.96. The molecule has 130 valence electrons. The second kappa shape index (κ2) is 6.34. The first kappa shape index (κ1) is 16.4. The molecular formula is C23H22N2O. The summed E-state index contributed by atoms with van der Waals surface area (Å²) in [7, 11) is 0. The molecule has 2 N–H and O–H groups in total. The van der Waals surface area contributed by atoms with Crippen molar-refractivity contribution in [2.45, 2.75) is 26.3 Å². The van der Waals surface area contributed by atoms with Crippen LogP contribution in [0.25, 0.3) is 21.8 Å². The largest absolute Gasteiger partial charge is 0.366 e. The zero-order chi connectivity index (χ0) is 18.3. The van der Waals surface area contributed by atoms with Gasteiger partial charge in [0.15, 0.2) is 0 Å². The molecule has 3 heteroatoms. The normalized spacial score (nSPS) is 11.5. The van der Waals surface area contributed by atoms with Crippen molar-refractivity contribution < 1.29 is 4.79 Å². The Morgan fingerprint density at radius 1 is 0.962 bits per heavy atom. The van der Waals surface area contributed by atoms with E-state index in [1.54, 1.807) is 0 Å². The highest BCUT2D eigenvalue weighted by Gasteiger charge is 2.17. The fourth-order valence-electron chi connectivity index (χ4n) is 3.66. The van der Waals surface area contributed by atoms with E-state index in [1.165, 1.54) is 11.1 Å². The Hall–Kier alpha value is -3.07. The highest BCUT2D eigenvalue weighted by atomic mass is 16.1. The van der Waals surface area contributed by atoms with Crippen LogP contribution in [0, 0.1) is 0 Å². The van der Waals surface area contributed by atoms with Gasteiger partial charge in [-0.25, -0.2) is 0 Å². The molecular weight excluding hydrogens is 320 g/mol. The molecule has 3 nitrogen and oxygen atoms in total. The predicted octanol–water partition coefficient (Wildman–Crippen LogP) is 5.07. The van der Waals surface area contributed by atoms with Gasteiger partial charge in [-0.15, -0.1) is 0 Å². The van der Waals surface area contributed by atoms with E-state index in [0.717, 1.165) is 28.4 Å². The Morgan fingerprint density at radius 3 is 2.42 bits per heavy atom. The summed E-state index contributed by atoms with van der Waals surface area (Å²) in [4.78, 5) is 12.0. The van der Waals surface area contributed by atoms with Crippen molar-refractivity contribution in [3.05, 3.63) is 83.4 Å². The Bertz CT molecular complexity index is 1110. The summed E-state index contributed by atoms with van der Waals surface area (Å²) in [6.07, 6.45) is 0. The fourth-order valence-corrected chi connectivity index (χ4v) is 3.66. The molecule has 0 aliphatic heterocycles. The van der Waals surface area contributed by atoms with E-state index in [1.807, 2.05) is 18.2 Å². The standard InChI is InChI=1S/C23H22N2O/c1-15(2)17-11-12-18-21(13-17)25(14-16-7-4-3-5-8-16)20-10-6-9-19(22(18)20)23(24)26/h3-13,15H,14H2,1-2H3,(H2,24,26). The molecule has 1 aromatic heterocycles. The van der Waals surface area contributed by atoms with Gasteiger partial charge in [0.2, 0.25) is 5.91 Å². The number of rotatable bonds is 4. The molecule has 0 spiro atoms. The maximum Gasteiger partial charge on any atom is 0.249 e. The molecule has 0 atom stereocenters. The molecule has 1 heterocycles. The summed E-state index contributed by atoms with van der Waals surface area (Å²) in [5.41, 5.74) is 10.9. The first-order valence-corrected chi connectivity index (χ1v) is 8.95. The van der Waals surface area contributed by atoms with Crippen molar-refractivity contribution in [1.82, 2.24) is 4.57 Å². The summed E-state index contributed by atoms with van der Waals surface area (Å²) in [6, 6.07) is 22.7. The van der Waals surface area contributed by atoms with Gasteiger partial charge < -0.3 is 10.3 Å². The molecule has 0 saturated carbocycles. The van der Waals surface area contributed by atoms with Crippen LogP contribution in [0.3, 0.4) is 0 Å². The molecule has 0 aliphatic carbocycles. The van der Waals surface area contributed by atoms with Crippen LogP contribution in [-0.2, 0) is 6.54 Å². The Kier molecular flexibility index (Phi) is 4.00. The van der Waals surface area contributed by atoms with Gasteiger partial charge >= 0.3 is 0 Å². The topological polar surface area (TPSA) is 48.0 Å². The highest BCUT2D eigenvalue weighted by molar-refractivity contribution is 6.18. The zero-order valence-corrected chi connectivity index (χ0v) is 15.1. The summed E-state index contributed by atoms with van der Waals surface area (Å²) >= 11 is 0. The average molecular weight is 342 g/mol. The second-order valence-electron chi connectivity index (χ2n) is 7.07. The van der Waals surface area contributed by atoms with Gasteiger partial charge in [-0.05, 0) is 35.2 Å². The first-order valence-electron chi connectivity index (χ1n) is 8.95. The molecule has 0 radical (unpaired) electrons. The third-order valence-corrected chi connectivity index (χ3v) is 5.03. The molecule has 3 aromatic carbocycles. The van der Waals surface area contributed by atoms with Crippen LogP contribution >= 0.6 is 0 Å². The Morgan fingerprint density at radius 2 is 1.73 bits per heavy atom. The predicted molar refractivity (Wildman–Crippen MR) is 108 cm³/mol. The van der Waals surface area contributed by atoms with E-state index < -0.39 is 0 Å². The summed E-state index contributed by atoms with van der Waals surface area (Å²) in [5.74, 6) is 0.0560. The van der Waals surface area contributed by atoms with Crippen LogP contribution in [0.1, 0.15) is 41.3 Å². The van der Waals surface area contributed by atoms with Crippen molar-refractivity contribution in [2.75, 3.05) is 0 Å². The number of primary amides is 1. The fraction of sp³-hybridized carbons (Fsp3) is 0.174. The van der Waals surface area contributed by atoms with E-state index in [2.05, 4.69) is 66.9 Å². The minimum Gasteiger partial charge on any atom is -0.366 e. The number of amides is 1. The van der Waals surface area contributed by atoms with Crippen LogP contribution in [0.5, 0.6) is 0 Å². The van der Waals surface area contributed by atoms with E-state index in [0.29, 0.717) is 11.5 Å². The van der Waals surface area contributed by atoms with Crippen molar-refractivity contribution >= 4 is 27.7 Å². The van der Waals surface area contributed by atoms with E-state index >= 15 is 0 Å². The van der Waals surface area contributed by atoms with Gasteiger partial charge in [0.05, 0.1) is 5.52 Å². The third-order valence-electron chi connectivity index (χ3n) is 5.03. The maximum atomic E-state index is 12.0. The second-order valence-corrected chi connectivity index (χ2v) is 7.07. The third kappa shape index (κ3) is 2.66. The van der Waals surface area contributed by atoms with Crippen LogP contribution < -0.4 is 5.73 Å². The first-order chi connectivity index (χ1) is 12.6. The molecule has 0 bridgehead atoms. The number of hydrogen-bond donors (Lipinski definition) is 1. The van der Waals surface area contributed by atoms with E-state index in [-0.39, 0.29) is 5.91 Å². The lowest BCUT2D eigenvalue weighted by Gasteiger charge is -2.10.